The summed E-state index contributed by atoms with van der Waals surface area (Å²) in [4.78, 5) is 0. The monoisotopic (exact) mass is 272 g/mol. The van der Waals surface area contributed by atoms with Gasteiger partial charge in [-0.2, -0.15) is 0 Å². The average molecular weight is 272 g/mol. The van der Waals surface area contributed by atoms with Gasteiger partial charge in [-0.1, -0.05) is 72.8 Å². The molecular weight excluding hydrogens is 252 g/mol. The highest BCUT2D eigenvalue weighted by molar-refractivity contribution is 5.71. The van der Waals surface area contributed by atoms with Crippen molar-refractivity contribution in [2.24, 2.45) is 0 Å². The molecule has 0 aliphatic carbocycles. The van der Waals surface area contributed by atoms with Crippen LogP contribution in [-0.2, 0) is 6.42 Å². The van der Waals surface area contributed by atoms with E-state index in [9.17, 15) is 0 Å². The van der Waals surface area contributed by atoms with Crippen LogP contribution in [0.15, 0.2) is 72.8 Å². The third-order valence-electron chi connectivity index (χ3n) is 4.09. The van der Waals surface area contributed by atoms with Gasteiger partial charge in [-0.05, 0) is 53.6 Å². The van der Waals surface area contributed by atoms with Crippen LogP contribution in [0, 0.1) is 13.8 Å². The molecular formula is C21H20. The molecule has 0 amide bonds. The molecule has 0 saturated carbocycles. The molecule has 0 saturated heterocycles. The lowest BCUT2D eigenvalue weighted by Crippen LogP contribution is -1.95. The van der Waals surface area contributed by atoms with E-state index in [1.54, 1.807) is 0 Å². The number of benzene rings is 3. The Labute approximate surface area is 127 Å². The van der Waals surface area contributed by atoms with Crippen molar-refractivity contribution < 1.29 is 0 Å². The number of aryl methyl sites for hydroxylation is 2. The Morgan fingerprint density at radius 3 is 1.71 bits per heavy atom. The summed E-state index contributed by atoms with van der Waals surface area (Å²) in [5.74, 6) is 0. The van der Waals surface area contributed by atoms with Gasteiger partial charge in [0.25, 0.3) is 0 Å². The van der Waals surface area contributed by atoms with Gasteiger partial charge in [-0.25, -0.2) is 0 Å². The third kappa shape index (κ3) is 2.90. The molecule has 3 aromatic carbocycles. The SMILES string of the molecule is Cc1ccccc1Cc1ccccc1-c1ccccc1C. The molecule has 0 radical (unpaired) electrons. The van der Waals surface area contributed by atoms with Gasteiger partial charge >= 0.3 is 0 Å². The first-order chi connectivity index (χ1) is 10.3. The van der Waals surface area contributed by atoms with E-state index in [0.29, 0.717) is 0 Å². The van der Waals surface area contributed by atoms with E-state index in [1.807, 2.05) is 0 Å². The molecule has 0 heterocycles. The lowest BCUT2D eigenvalue weighted by atomic mass is 9.91. The quantitative estimate of drug-likeness (QED) is 0.585. The van der Waals surface area contributed by atoms with Gasteiger partial charge in [0.05, 0.1) is 0 Å². The predicted octanol–water partition coefficient (Wildman–Crippen LogP) is 5.56. The van der Waals surface area contributed by atoms with Crippen molar-refractivity contribution in [1.82, 2.24) is 0 Å². The molecule has 0 fully saturated rings. The van der Waals surface area contributed by atoms with Crippen molar-refractivity contribution >= 4 is 0 Å². The Morgan fingerprint density at radius 2 is 1.05 bits per heavy atom. The minimum Gasteiger partial charge on any atom is -0.0620 e. The van der Waals surface area contributed by atoms with Gasteiger partial charge in [-0.15, -0.1) is 0 Å². The molecule has 0 heteroatoms. The molecule has 3 rings (SSSR count). The first kappa shape index (κ1) is 13.6. The molecule has 0 aliphatic heterocycles. The summed E-state index contributed by atoms with van der Waals surface area (Å²) in [6.07, 6.45) is 0.983. The summed E-state index contributed by atoms with van der Waals surface area (Å²) < 4.78 is 0. The van der Waals surface area contributed by atoms with E-state index in [0.717, 1.165) is 6.42 Å². The second kappa shape index (κ2) is 5.97. The van der Waals surface area contributed by atoms with Crippen LogP contribution in [0.2, 0.25) is 0 Å². The lowest BCUT2D eigenvalue weighted by Gasteiger charge is -2.13. The molecule has 0 aromatic heterocycles. The standard InChI is InChI=1S/C21H20/c1-16-9-3-5-11-18(16)15-19-12-6-8-14-21(19)20-13-7-4-10-17(20)2/h3-14H,15H2,1-2H3. The van der Waals surface area contributed by atoms with Crippen molar-refractivity contribution in [2.75, 3.05) is 0 Å². The van der Waals surface area contributed by atoms with E-state index in [2.05, 4.69) is 86.6 Å². The van der Waals surface area contributed by atoms with Gasteiger partial charge in [0.15, 0.2) is 0 Å². The topological polar surface area (TPSA) is 0 Å². The Morgan fingerprint density at radius 1 is 0.524 bits per heavy atom. The van der Waals surface area contributed by atoms with Crippen LogP contribution < -0.4 is 0 Å². The minimum absolute atomic E-state index is 0.983. The first-order valence-corrected chi connectivity index (χ1v) is 7.44. The molecule has 0 nitrogen and oxygen atoms in total. The second-order valence-corrected chi connectivity index (χ2v) is 5.58. The fourth-order valence-corrected chi connectivity index (χ4v) is 2.83. The van der Waals surface area contributed by atoms with Gasteiger partial charge in [0, 0.05) is 0 Å². The fraction of sp³-hybridized carbons (Fsp3) is 0.143. The van der Waals surface area contributed by atoms with Crippen molar-refractivity contribution in [3.63, 3.8) is 0 Å². The smallest absolute Gasteiger partial charge is 0.00170 e. The van der Waals surface area contributed by atoms with E-state index in [-0.39, 0.29) is 0 Å². The van der Waals surface area contributed by atoms with Crippen LogP contribution in [0.1, 0.15) is 22.3 Å². The Hall–Kier alpha value is -2.34. The lowest BCUT2D eigenvalue weighted by molar-refractivity contribution is 1.16. The van der Waals surface area contributed by atoms with Crippen molar-refractivity contribution in [3.8, 4) is 11.1 Å². The molecule has 0 spiro atoms. The largest absolute Gasteiger partial charge is 0.0620 e. The highest BCUT2D eigenvalue weighted by atomic mass is 14.1. The van der Waals surface area contributed by atoms with Gasteiger partial charge < -0.3 is 0 Å². The summed E-state index contributed by atoms with van der Waals surface area (Å²) in [5, 5.41) is 0. The molecule has 104 valence electrons. The van der Waals surface area contributed by atoms with E-state index in [4.69, 9.17) is 0 Å². The van der Waals surface area contributed by atoms with E-state index in [1.165, 1.54) is 33.4 Å². The highest BCUT2D eigenvalue weighted by Gasteiger charge is 2.08. The van der Waals surface area contributed by atoms with Crippen molar-refractivity contribution in [1.29, 1.82) is 0 Å². The van der Waals surface area contributed by atoms with Gasteiger partial charge in [0.1, 0.15) is 0 Å². The summed E-state index contributed by atoms with van der Waals surface area (Å²) in [5.41, 5.74) is 8.16. The Bertz CT molecular complexity index is 753. The molecule has 0 N–H and O–H groups in total. The maximum Gasteiger partial charge on any atom is -0.00170 e. The molecule has 0 bridgehead atoms. The zero-order valence-electron chi connectivity index (χ0n) is 12.6. The summed E-state index contributed by atoms with van der Waals surface area (Å²) in [6.45, 7) is 4.37. The zero-order chi connectivity index (χ0) is 14.7. The minimum atomic E-state index is 0.983. The van der Waals surface area contributed by atoms with Crippen LogP contribution in [0.25, 0.3) is 11.1 Å². The molecule has 0 atom stereocenters. The zero-order valence-corrected chi connectivity index (χ0v) is 12.6. The number of hydrogen-bond acceptors (Lipinski definition) is 0. The average Bonchev–Trinajstić information content (AvgIpc) is 2.51. The Kier molecular flexibility index (Phi) is 3.87. The molecule has 0 unspecified atom stereocenters. The maximum atomic E-state index is 2.24. The third-order valence-corrected chi connectivity index (χ3v) is 4.09. The van der Waals surface area contributed by atoms with Gasteiger partial charge in [-0.3, -0.25) is 0 Å². The molecule has 21 heavy (non-hydrogen) atoms. The van der Waals surface area contributed by atoms with Crippen molar-refractivity contribution in [3.05, 3.63) is 95.1 Å². The molecule has 0 aliphatic rings. The normalized spacial score (nSPS) is 10.6. The molecule has 3 aromatic rings. The van der Waals surface area contributed by atoms with Crippen LogP contribution in [0.5, 0.6) is 0 Å². The Balaban J connectivity index is 2.05. The first-order valence-electron chi connectivity index (χ1n) is 7.44. The van der Waals surface area contributed by atoms with Crippen LogP contribution >= 0.6 is 0 Å². The van der Waals surface area contributed by atoms with Crippen molar-refractivity contribution in [2.45, 2.75) is 20.3 Å². The summed E-state index contributed by atoms with van der Waals surface area (Å²) in [7, 11) is 0. The summed E-state index contributed by atoms with van der Waals surface area (Å²) in [6, 6.07) is 26.0. The summed E-state index contributed by atoms with van der Waals surface area (Å²) >= 11 is 0. The highest BCUT2D eigenvalue weighted by Crippen LogP contribution is 2.28. The van der Waals surface area contributed by atoms with Crippen LogP contribution in [0.3, 0.4) is 0 Å². The number of hydrogen-bond donors (Lipinski definition) is 0. The van der Waals surface area contributed by atoms with E-state index >= 15 is 0 Å². The fourth-order valence-electron chi connectivity index (χ4n) is 2.83. The van der Waals surface area contributed by atoms with E-state index < -0.39 is 0 Å². The number of rotatable bonds is 3. The second-order valence-electron chi connectivity index (χ2n) is 5.58. The van der Waals surface area contributed by atoms with Crippen LogP contribution in [0.4, 0.5) is 0 Å². The van der Waals surface area contributed by atoms with Crippen LogP contribution in [-0.4, -0.2) is 0 Å². The predicted molar refractivity (Wildman–Crippen MR) is 90.6 cm³/mol. The maximum absolute atomic E-state index is 2.24. The van der Waals surface area contributed by atoms with Gasteiger partial charge in [0.2, 0.25) is 0 Å².